The fourth-order valence-corrected chi connectivity index (χ4v) is 1.34. The molecule has 1 aliphatic carbocycles. The van der Waals surface area contributed by atoms with Crippen LogP contribution in [0.25, 0.3) is 0 Å². The average molecular weight is 195 g/mol. The van der Waals surface area contributed by atoms with Gasteiger partial charge in [-0.3, -0.25) is 4.79 Å². The molecule has 2 rings (SSSR count). The highest BCUT2D eigenvalue weighted by Crippen LogP contribution is 2.46. The van der Waals surface area contributed by atoms with Gasteiger partial charge in [0.2, 0.25) is 0 Å². The zero-order valence-electron chi connectivity index (χ0n) is 8.12. The minimum atomic E-state index is -0.799. The van der Waals surface area contributed by atoms with Crippen LogP contribution in [0.1, 0.15) is 37.8 Å². The van der Waals surface area contributed by atoms with E-state index in [1.54, 1.807) is 6.26 Å². The van der Waals surface area contributed by atoms with Crippen molar-refractivity contribution in [2.45, 2.75) is 38.0 Å². The zero-order chi connectivity index (χ0) is 10.2. The van der Waals surface area contributed by atoms with Crippen LogP contribution in [0.3, 0.4) is 0 Å². The van der Waals surface area contributed by atoms with E-state index in [1.807, 2.05) is 0 Å². The van der Waals surface area contributed by atoms with Gasteiger partial charge in [-0.2, -0.15) is 0 Å². The summed E-state index contributed by atoms with van der Waals surface area (Å²) in [7, 11) is 0. The Balaban J connectivity index is 1.99. The number of carbonyl (C=O) groups is 1. The number of hydrogen-bond donors (Lipinski definition) is 1. The first-order valence-corrected chi connectivity index (χ1v) is 4.77. The van der Waals surface area contributed by atoms with Gasteiger partial charge in [0, 0.05) is 11.8 Å². The molecule has 0 saturated heterocycles. The van der Waals surface area contributed by atoms with Crippen LogP contribution in [-0.4, -0.2) is 16.1 Å². The summed E-state index contributed by atoms with van der Waals surface area (Å²) in [6.45, 7) is 2.11. The zero-order valence-corrected chi connectivity index (χ0v) is 8.12. The number of rotatable bonds is 4. The van der Waals surface area contributed by atoms with Crippen LogP contribution in [0.4, 0.5) is 0 Å². The molecule has 0 spiro atoms. The third-order valence-corrected chi connectivity index (χ3v) is 2.66. The highest BCUT2D eigenvalue weighted by molar-refractivity contribution is 5.66. The second-order valence-corrected chi connectivity index (χ2v) is 4.10. The van der Waals surface area contributed by atoms with Gasteiger partial charge in [0.1, 0.15) is 6.26 Å². The number of oxazole rings is 1. The SMILES string of the molecule is CC1(c2nc(CCC(=O)O)co2)CC1. The van der Waals surface area contributed by atoms with Gasteiger partial charge in [0.15, 0.2) is 5.89 Å². The Hall–Kier alpha value is -1.32. The summed E-state index contributed by atoms with van der Waals surface area (Å²) in [5.74, 6) is -0.0370. The molecule has 0 bridgehead atoms. The van der Waals surface area contributed by atoms with E-state index < -0.39 is 5.97 Å². The molecule has 1 heterocycles. The van der Waals surface area contributed by atoms with E-state index in [2.05, 4.69) is 11.9 Å². The molecule has 0 radical (unpaired) electrons. The third-order valence-electron chi connectivity index (χ3n) is 2.66. The van der Waals surface area contributed by atoms with E-state index in [4.69, 9.17) is 9.52 Å². The standard InChI is InChI=1S/C10H13NO3/c1-10(4-5-10)9-11-7(6-14-9)2-3-8(12)13/h6H,2-5H2,1H3,(H,12,13). The van der Waals surface area contributed by atoms with Crippen LogP contribution in [0, 0.1) is 0 Å². The van der Waals surface area contributed by atoms with E-state index in [9.17, 15) is 4.79 Å². The first-order valence-electron chi connectivity index (χ1n) is 4.77. The lowest BCUT2D eigenvalue weighted by Gasteiger charge is -1.98. The summed E-state index contributed by atoms with van der Waals surface area (Å²) >= 11 is 0. The van der Waals surface area contributed by atoms with Gasteiger partial charge in [-0.1, -0.05) is 6.92 Å². The summed E-state index contributed by atoms with van der Waals surface area (Å²) in [4.78, 5) is 14.6. The van der Waals surface area contributed by atoms with Crippen LogP contribution in [-0.2, 0) is 16.6 Å². The van der Waals surface area contributed by atoms with Crippen LogP contribution in [0.2, 0.25) is 0 Å². The number of carboxylic acid groups (broad SMARTS) is 1. The Bertz CT molecular complexity index is 352. The van der Waals surface area contributed by atoms with Crippen molar-refractivity contribution >= 4 is 5.97 Å². The Labute approximate surface area is 81.9 Å². The second kappa shape index (κ2) is 3.12. The molecule has 76 valence electrons. The van der Waals surface area contributed by atoms with Crippen molar-refractivity contribution in [3.8, 4) is 0 Å². The van der Waals surface area contributed by atoms with Crippen molar-refractivity contribution in [1.82, 2.24) is 4.98 Å². The van der Waals surface area contributed by atoms with Crippen LogP contribution >= 0.6 is 0 Å². The molecular weight excluding hydrogens is 182 g/mol. The molecular formula is C10H13NO3. The molecule has 1 aromatic rings. The fraction of sp³-hybridized carbons (Fsp3) is 0.600. The molecule has 4 nitrogen and oxygen atoms in total. The summed E-state index contributed by atoms with van der Waals surface area (Å²) < 4.78 is 5.32. The summed E-state index contributed by atoms with van der Waals surface area (Å²) in [6.07, 6.45) is 4.37. The van der Waals surface area contributed by atoms with E-state index in [0.717, 1.165) is 24.4 Å². The van der Waals surface area contributed by atoms with Gasteiger partial charge >= 0.3 is 5.97 Å². The molecule has 1 saturated carbocycles. The quantitative estimate of drug-likeness (QED) is 0.794. The van der Waals surface area contributed by atoms with Gasteiger partial charge in [-0.05, 0) is 12.8 Å². The Kier molecular flexibility index (Phi) is 2.06. The number of hydrogen-bond acceptors (Lipinski definition) is 3. The monoisotopic (exact) mass is 195 g/mol. The lowest BCUT2D eigenvalue weighted by atomic mass is 10.1. The number of aryl methyl sites for hydroxylation is 1. The topological polar surface area (TPSA) is 63.3 Å². The summed E-state index contributed by atoms with van der Waals surface area (Å²) in [5, 5.41) is 8.50. The smallest absolute Gasteiger partial charge is 0.303 e. The molecule has 0 aliphatic heterocycles. The average Bonchev–Trinajstić information content (AvgIpc) is 2.70. The number of carboxylic acids is 1. The molecule has 1 fully saturated rings. The molecule has 0 unspecified atom stereocenters. The predicted molar refractivity (Wildman–Crippen MR) is 49.0 cm³/mol. The van der Waals surface area contributed by atoms with Gasteiger partial charge in [-0.25, -0.2) is 4.98 Å². The van der Waals surface area contributed by atoms with Crippen molar-refractivity contribution in [1.29, 1.82) is 0 Å². The minimum Gasteiger partial charge on any atom is -0.481 e. The van der Waals surface area contributed by atoms with Crippen molar-refractivity contribution < 1.29 is 14.3 Å². The Morgan fingerprint density at radius 1 is 1.71 bits per heavy atom. The molecule has 14 heavy (non-hydrogen) atoms. The molecule has 0 amide bonds. The van der Waals surface area contributed by atoms with Crippen LogP contribution in [0.15, 0.2) is 10.7 Å². The summed E-state index contributed by atoms with van der Waals surface area (Å²) in [5.41, 5.74) is 0.872. The number of nitrogens with zero attached hydrogens (tertiary/aromatic N) is 1. The maximum atomic E-state index is 10.3. The molecule has 1 aliphatic rings. The second-order valence-electron chi connectivity index (χ2n) is 4.10. The minimum absolute atomic E-state index is 0.114. The van der Waals surface area contributed by atoms with Crippen LogP contribution < -0.4 is 0 Å². The van der Waals surface area contributed by atoms with E-state index in [1.165, 1.54) is 0 Å². The predicted octanol–water partition coefficient (Wildman–Crippen LogP) is 1.74. The van der Waals surface area contributed by atoms with Gasteiger partial charge in [0.25, 0.3) is 0 Å². The van der Waals surface area contributed by atoms with Gasteiger partial charge in [-0.15, -0.1) is 0 Å². The van der Waals surface area contributed by atoms with Crippen molar-refractivity contribution in [2.24, 2.45) is 0 Å². The van der Waals surface area contributed by atoms with E-state index in [0.29, 0.717) is 6.42 Å². The highest BCUT2D eigenvalue weighted by Gasteiger charge is 2.43. The molecule has 1 aromatic heterocycles. The number of aromatic nitrogens is 1. The normalized spacial score (nSPS) is 18.1. The Morgan fingerprint density at radius 2 is 2.43 bits per heavy atom. The molecule has 4 heteroatoms. The van der Waals surface area contributed by atoms with Crippen molar-refractivity contribution in [3.05, 3.63) is 17.8 Å². The lowest BCUT2D eigenvalue weighted by molar-refractivity contribution is -0.136. The van der Waals surface area contributed by atoms with Crippen LogP contribution in [0.5, 0.6) is 0 Å². The number of aliphatic carboxylic acids is 1. The lowest BCUT2D eigenvalue weighted by Crippen LogP contribution is -2.01. The molecule has 0 aromatic carbocycles. The van der Waals surface area contributed by atoms with Gasteiger partial charge in [0.05, 0.1) is 12.1 Å². The first-order chi connectivity index (χ1) is 6.60. The maximum absolute atomic E-state index is 10.3. The molecule has 1 N–H and O–H groups in total. The first kappa shape index (κ1) is 9.24. The third kappa shape index (κ3) is 1.78. The fourth-order valence-electron chi connectivity index (χ4n) is 1.34. The van der Waals surface area contributed by atoms with Gasteiger partial charge < -0.3 is 9.52 Å². The highest BCUT2D eigenvalue weighted by atomic mass is 16.4. The van der Waals surface area contributed by atoms with Crippen molar-refractivity contribution in [2.75, 3.05) is 0 Å². The largest absolute Gasteiger partial charge is 0.481 e. The Morgan fingerprint density at radius 3 is 3.00 bits per heavy atom. The van der Waals surface area contributed by atoms with E-state index in [-0.39, 0.29) is 11.8 Å². The van der Waals surface area contributed by atoms with Crippen molar-refractivity contribution in [3.63, 3.8) is 0 Å². The maximum Gasteiger partial charge on any atom is 0.303 e. The van der Waals surface area contributed by atoms with E-state index >= 15 is 0 Å². The summed E-state index contributed by atoms with van der Waals surface area (Å²) in [6, 6.07) is 0. The molecule has 0 atom stereocenters.